The minimum absolute atomic E-state index is 0.171. The number of H-pyrrole nitrogens is 1. The maximum atomic E-state index is 14.1. The topological polar surface area (TPSA) is 42.1 Å². The van der Waals surface area contributed by atoms with Gasteiger partial charge in [-0.05, 0) is 35.9 Å². The summed E-state index contributed by atoms with van der Waals surface area (Å²) in [7, 11) is 1.55. The fourth-order valence-corrected chi connectivity index (χ4v) is 2.53. The molecular weight excluding hydrogens is 293 g/mol. The number of aromatic amines is 1. The van der Waals surface area contributed by atoms with Gasteiger partial charge in [0.2, 0.25) is 0 Å². The molecule has 0 spiro atoms. The number of aromatic nitrogens is 1. The van der Waals surface area contributed by atoms with Gasteiger partial charge in [0.25, 0.3) is 5.24 Å². The van der Waals surface area contributed by atoms with Crippen LogP contribution in [-0.4, -0.2) is 17.3 Å². The number of nitrogens with one attached hydrogen (secondary N) is 1. The number of halogens is 2. The second kappa shape index (κ2) is 5.22. The van der Waals surface area contributed by atoms with Crippen LogP contribution >= 0.6 is 11.6 Å². The molecule has 3 aromatic rings. The molecule has 1 heterocycles. The number of methoxy groups -OCH3 is 1. The summed E-state index contributed by atoms with van der Waals surface area (Å²) in [6.07, 6.45) is 0. The quantitative estimate of drug-likeness (QED) is 0.730. The molecule has 3 rings (SSSR count). The first-order valence-electron chi connectivity index (χ1n) is 6.26. The van der Waals surface area contributed by atoms with Crippen LogP contribution in [-0.2, 0) is 0 Å². The lowest BCUT2D eigenvalue weighted by atomic mass is 10.0. The Morgan fingerprint density at radius 3 is 2.67 bits per heavy atom. The zero-order chi connectivity index (χ0) is 15.0. The largest absolute Gasteiger partial charge is 0.497 e. The first-order valence-corrected chi connectivity index (χ1v) is 6.64. The zero-order valence-corrected chi connectivity index (χ0v) is 11.9. The average Bonchev–Trinajstić information content (AvgIpc) is 2.86. The fraction of sp³-hybridized carbons (Fsp3) is 0.0625. The maximum absolute atomic E-state index is 14.1. The predicted octanol–water partition coefficient (Wildman–Crippen LogP) is 4.36. The summed E-state index contributed by atoms with van der Waals surface area (Å²) in [5, 5.41) is 0.0202. The smallest absolute Gasteiger partial charge is 0.269 e. The van der Waals surface area contributed by atoms with Crippen molar-refractivity contribution in [1.82, 2.24) is 4.98 Å². The molecular formula is C16H11ClFNO2. The van der Waals surface area contributed by atoms with Gasteiger partial charge < -0.3 is 9.72 Å². The molecule has 0 aliphatic heterocycles. The highest BCUT2D eigenvalue weighted by Crippen LogP contribution is 2.36. The molecule has 0 bridgehead atoms. The summed E-state index contributed by atoms with van der Waals surface area (Å²) in [4.78, 5) is 14.6. The van der Waals surface area contributed by atoms with E-state index in [0.717, 1.165) is 0 Å². The number of fused-ring (bicyclic) bond motifs is 1. The zero-order valence-electron chi connectivity index (χ0n) is 11.1. The lowest BCUT2D eigenvalue weighted by Crippen LogP contribution is -1.93. The van der Waals surface area contributed by atoms with Gasteiger partial charge in [-0.15, -0.1) is 0 Å². The third kappa shape index (κ3) is 2.28. The molecule has 0 fully saturated rings. The van der Waals surface area contributed by atoms with Crippen LogP contribution in [0, 0.1) is 5.82 Å². The Kier molecular flexibility index (Phi) is 3.39. The number of ether oxygens (including phenoxy) is 1. The summed E-state index contributed by atoms with van der Waals surface area (Å²) >= 11 is 5.63. The molecule has 0 aliphatic rings. The molecule has 0 saturated heterocycles. The lowest BCUT2D eigenvalue weighted by Gasteiger charge is -2.05. The van der Waals surface area contributed by atoms with E-state index < -0.39 is 11.1 Å². The second-order valence-electron chi connectivity index (χ2n) is 4.54. The van der Waals surface area contributed by atoms with Crippen LogP contribution < -0.4 is 4.74 Å². The highest BCUT2D eigenvalue weighted by Gasteiger charge is 2.20. The van der Waals surface area contributed by atoms with Crippen molar-refractivity contribution in [1.29, 1.82) is 0 Å². The fourth-order valence-electron chi connectivity index (χ4n) is 2.39. The van der Waals surface area contributed by atoms with Gasteiger partial charge in [0.1, 0.15) is 17.3 Å². The summed E-state index contributed by atoms with van der Waals surface area (Å²) in [6, 6.07) is 11.5. The molecule has 1 aromatic heterocycles. The van der Waals surface area contributed by atoms with E-state index in [1.54, 1.807) is 43.5 Å². The Balaban J connectivity index is 2.40. The number of carbonyl (C=O) groups is 1. The molecule has 0 saturated carbocycles. The van der Waals surface area contributed by atoms with E-state index in [1.807, 2.05) is 0 Å². The van der Waals surface area contributed by atoms with Gasteiger partial charge in [-0.25, -0.2) is 4.39 Å². The van der Waals surface area contributed by atoms with Gasteiger partial charge in [-0.1, -0.05) is 18.2 Å². The van der Waals surface area contributed by atoms with Gasteiger partial charge in [0, 0.05) is 22.0 Å². The summed E-state index contributed by atoms with van der Waals surface area (Å²) in [5.41, 5.74) is 1.63. The Labute approximate surface area is 125 Å². The molecule has 0 aliphatic carbocycles. The highest BCUT2D eigenvalue weighted by atomic mass is 35.5. The van der Waals surface area contributed by atoms with Gasteiger partial charge >= 0.3 is 0 Å². The number of benzene rings is 2. The molecule has 106 valence electrons. The van der Waals surface area contributed by atoms with E-state index in [-0.39, 0.29) is 5.69 Å². The maximum Gasteiger partial charge on any atom is 0.269 e. The third-order valence-electron chi connectivity index (χ3n) is 3.35. The number of hydrogen-bond acceptors (Lipinski definition) is 2. The van der Waals surface area contributed by atoms with Crippen LogP contribution in [0.3, 0.4) is 0 Å². The predicted molar refractivity (Wildman–Crippen MR) is 80.4 cm³/mol. The minimum atomic E-state index is -0.664. The molecule has 0 radical (unpaired) electrons. The lowest BCUT2D eigenvalue weighted by molar-refractivity contribution is 0.107. The van der Waals surface area contributed by atoms with Gasteiger partial charge in [-0.3, -0.25) is 4.79 Å². The Morgan fingerprint density at radius 2 is 2.00 bits per heavy atom. The van der Waals surface area contributed by atoms with E-state index in [9.17, 15) is 9.18 Å². The van der Waals surface area contributed by atoms with E-state index in [4.69, 9.17) is 16.3 Å². The Morgan fingerprint density at radius 1 is 1.24 bits per heavy atom. The van der Waals surface area contributed by atoms with Crippen LogP contribution in [0.5, 0.6) is 5.75 Å². The van der Waals surface area contributed by atoms with Crippen molar-refractivity contribution in [3.63, 3.8) is 0 Å². The third-order valence-corrected chi connectivity index (χ3v) is 3.53. The number of hydrogen-bond donors (Lipinski definition) is 1. The normalized spacial score (nSPS) is 10.8. The Bertz CT molecular complexity index is 841. The van der Waals surface area contributed by atoms with E-state index >= 15 is 0 Å². The SMILES string of the molecule is COc1ccc2[nH]c(C(=O)Cl)c(-c3ccccc3F)c2c1. The highest BCUT2D eigenvalue weighted by molar-refractivity contribution is 6.68. The van der Waals surface area contributed by atoms with Crippen molar-refractivity contribution >= 4 is 27.7 Å². The summed E-state index contributed by atoms with van der Waals surface area (Å²) in [5.74, 6) is 0.202. The average molecular weight is 304 g/mol. The molecule has 5 heteroatoms. The van der Waals surface area contributed by atoms with Crippen molar-refractivity contribution in [2.45, 2.75) is 0 Å². The van der Waals surface area contributed by atoms with Gasteiger partial charge in [-0.2, -0.15) is 0 Å². The van der Waals surface area contributed by atoms with E-state index in [0.29, 0.717) is 27.8 Å². The molecule has 0 amide bonds. The van der Waals surface area contributed by atoms with Gasteiger partial charge in [0.05, 0.1) is 7.11 Å². The second-order valence-corrected chi connectivity index (χ2v) is 4.88. The van der Waals surface area contributed by atoms with E-state index in [1.165, 1.54) is 6.07 Å². The van der Waals surface area contributed by atoms with Crippen molar-refractivity contribution in [2.24, 2.45) is 0 Å². The van der Waals surface area contributed by atoms with Crippen molar-refractivity contribution < 1.29 is 13.9 Å². The van der Waals surface area contributed by atoms with Crippen molar-refractivity contribution in [3.05, 3.63) is 54.0 Å². The first-order chi connectivity index (χ1) is 10.1. The summed E-state index contributed by atoms with van der Waals surface area (Å²) < 4.78 is 19.3. The van der Waals surface area contributed by atoms with Crippen molar-refractivity contribution in [2.75, 3.05) is 7.11 Å². The number of rotatable bonds is 3. The van der Waals surface area contributed by atoms with Crippen LogP contribution in [0.15, 0.2) is 42.5 Å². The standard InChI is InChI=1S/C16H11ClFNO2/c1-21-9-6-7-13-11(8-9)14(15(19-13)16(17)20)10-4-2-3-5-12(10)18/h2-8,19H,1H3. The van der Waals surface area contributed by atoms with Crippen LogP contribution in [0.4, 0.5) is 4.39 Å². The number of carbonyl (C=O) groups excluding carboxylic acids is 1. The monoisotopic (exact) mass is 303 g/mol. The van der Waals surface area contributed by atoms with Crippen LogP contribution in [0.2, 0.25) is 0 Å². The molecule has 3 nitrogen and oxygen atoms in total. The van der Waals surface area contributed by atoms with E-state index in [2.05, 4.69) is 4.98 Å². The Hall–Kier alpha value is -2.33. The van der Waals surface area contributed by atoms with Gasteiger partial charge in [0.15, 0.2) is 0 Å². The minimum Gasteiger partial charge on any atom is -0.497 e. The van der Waals surface area contributed by atoms with Crippen molar-refractivity contribution in [3.8, 4) is 16.9 Å². The molecule has 1 N–H and O–H groups in total. The summed E-state index contributed by atoms with van der Waals surface area (Å²) in [6.45, 7) is 0. The molecule has 0 atom stereocenters. The molecule has 21 heavy (non-hydrogen) atoms. The first kappa shape index (κ1) is 13.6. The van der Waals surface area contributed by atoms with Crippen LogP contribution in [0.25, 0.3) is 22.0 Å². The molecule has 0 unspecified atom stereocenters. The molecule has 2 aromatic carbocycles. The van der Waals surface area contributed by atoms with Crippen LogP contribution in [0.1, 0.15) is 10.5 Å².